The van der Waals surface area contributed by atoms with Gasteiger partial charge in [-0.15, -0.1) is 11.3 Å². The molecule has 2 N–H and O–H groups in total. The highest BCUT2D eigenvalue weighted by Gasteiger charge is 2.35. The Morgan fingerprint density at radius 2 is 1.83 bits per heavy atom. The maximum atomic E-state index is 13.6. The van der Waals surface area contributed by atoms with E-state index in [1.807, 2.05) is 31.2 Å². The molecule has 1 saturated carbocycles. The number of aliphatic carboxylic acids is 1. The van der Waals surface area contributed by atoms with E-state index in [-0.39, 0.29) is 42.5 Å². The van der Waals surface area contributed by atoms with Crippen molar-refractivity contribution in [3.8, 4) is 28.3 Å². The molecule has 58 heavy (non-hydrogen) atoms. The molecule has 2 aliphatic heterocycles. The van der Waals surface area contributed by atoms with Crippen LogP contribution in [-0.2, 0) is 24.3 Å². The van der Waals surface area contributed by atoms with E-state index in [4.69, 9.17) is 30.7 Å². The Hall–Kier alpha value is -4.57. The summed E-state index contributed by atoms with van der Waals surface area (Å²) in [6.07, 6.45) is 3.86. The topological polar surface area (TPSA) is 121 Å². The standard InChI is InChI=1S/C42H42ClF4N5O5S/c1-23-26(5-2-6-27(23)38-49-30-19-25(21-52-16-4-9-32(52)40(54)55)33(57-41(44)45)20-34(30)56-38)28-7-3-8-29(36(28)43)48-37(53)39-50-31-22-51(18-13-35(31)58-39)17-12-24-10-14-42(46,47)15-11-24/h2-3,5-8,19-20,24,32,41H,4,9-18,21-22H2,1H3,(H,48,53)(H,54,55)/t32-/m1/s1. The van der Waals surface area contributed by atoms with Gasteiger partial charge in [-0.1, -0.05) is 35.9 Å². The van der Waals surface area contributed by atoms with Crippen LogP contribution < -0.4 is 10.1 Å². The molecule has 16 heteroatoms. The molecule has 306 valence electrons. The predicted octanol–water partition coefficient (Wildman–Crippen LogP) is 10.1. The summed E-state index contributed by atoms with van der Waals surface area (Å²) in [6, 6.07) is 13.1. The average molecular weight is 840 g/mol. The first-order valence-electron chi connectivity index (χ1n) is 19.5. The molecule has 1 atom stereocenters. The highest BCUT2D eigenvalue weighted by atomic mass is 35.5. The number of nitrogens with one attached hydrogen (secondary N) is 1. The van der Waals surface area contributed by atoms with Crippen molar-refractivity contribution in [2.24, 2.45) is 5.92 Å². The number of hydrogen-bond donors (Lipinski definition) is 2. The zero-order chi connectivity index (χ0) is 40.7. The minimum absolute atomic E-state index is 0.0295. The fourth-order valence-electron chi connectivity index (χ4n) is 8.42. The Balaban J connectivity index is 0.982. The molecule has 10 nitrogen and oxygen atoms in total. The van der Waals surface area contributed by atoms with Gasteiger partial charge >= 0.3 is 12.6 Å². The quantitative estimate of drug-likeness (QED) is 0.118. The highest BCUT2D eigenvalue weighted by molar-refractivity contribution is 7.13. The van der Waals surface area contributed by atoms with E-state index in [1.54, 1.807) is 23.1 Å². The molecule has 1 saturated heterocycles. The third-order valence-electron chi connectivity index (χ3n) is 11.6. The first-order valence-corrected chi connectivity index (χ1v) is 20.7. The number of carbonyl (C=O) groups excluding carboxylic acids is 1. The van der Waals surface area contributed by atoms with Gasteiger partial charge in [0.2, 0.25) is 11.8 Å². The Kier molecular flexibility index (Phi) is 11.5. The summed E-state index contributed by atoms with van der Waals surface area (Å²) in [7, 11) is 0. The molecule has 5 aromatic rings. The van der Waals surface area contributed by atoms with E-state index in [0.29, 0.717) is 82.6 Å². The van der Waals surface area contributed by atoms with Crippen LogP contribution in [0, 0.1) is 12.8 Å². The molecule has 2 fully saturated rings. The van der Waals surface area contributed by atoms with Gasteiger partial charge in [0.1, 0.15) is 17.3 Å². The number of aromatic nitrogens is 2. The number of hydrogen-bond acceptors (Lipinski definition) is 9. The number of oxazole rings is 1. The Bertz CT molecular complexity index is 2340. The summed E-state index contributed by atoms with van der Waals surface area (Å²) in [6.45, 7) is 1.65. The number of rotatable bonds is 12. The first-order chi connectivity index (χ1) is 27.8. The largest absolute Gasteiger partial charge is 0.480 e. The van der Waals surface area contributed by atoms with E-state index in [2.05, 4.69) is 10.2 Å². The number of carboxylic acid groups (broad SMARTS) is 1. The number of amides is 1. The molecule has 3 aromatic carbocycles. The minimum atomic E-state index is -3.10. The molecular formula is C42H42ClF4N5O5S. The van der Waals surface area contributed by atoms with E-state index < -0.39 is 24.5 Å². The number of anilines is 1. The van der Waals surface area contributed by atoms with Gasteiger partial charge in [-0.2, -0.15) is 8.78 Å². The van der Waals surface area contributed by atoms with E-state index >= 15 is 0 Å². The lowest BCUT2D eigenvalue weighted by Crippen LogP contribution is -2.35. The smallest absolute Gasteiger partial charge is 0.387 e. The summed E-state index contributed by atoms with van der Waals surface area (Å²) >= 11 is 8.35. The van der Waals surface area contributed by atoms with Gasteiger partial charge in [-0.3, -0.25) is 19.4 Å². The summed E-state index contributed by atoms with van der Waals surface area (Å²) in [4.78, 5) is 39.8. The second-order valence-corrected chi connectivity index (χ2v) is 16.9. The van der Waals surface area contributed by atoms with Gasteiger partial charge in [0.05, 0.1) is 16.4 Å². The number of fused-ring (bicyclic) bond motifs is 2. The van der Waals surface area contributed by atoms with Crippen LogP contribution in [0.4, 0.5) is 23.2 Å². The van der Waals surface area contributed by atoms with Crippen LogP contribution in [0.3, 0.4) is 0 Å². The number of carboxylic acids is 1. The summed E-state index contributed by atoms with van der Waals surface area (Å²) in [5.41, 5.74) is 5.08. The number of likely N-dealkylation sites (tertiary alicyclic amines) is 1. The number of ether oxygens (including phenoxy) is 1. The summed E-state index contributed by atoms with van der Waals surface area (Å²) in [5, 5.41) is 13.3. The van der Waals surface area contributed by atoms with Crippen molar-refractivity contribution in [1.82, 2.24) is 19.8 Å². The van der Waals surface area contributed by atoms with Gasteiger partial charge in [0.25, 0.3) is 5.91 Å². The SMILES string of the molecule is Cc1c(-c2nc3cc(CN4CCC[C@@H]4C(=O)O)c(OC(F)F)cc3o2)cccc1-c1cccc(NC(=O)c2nc3c(s2)CCN(CCC2CCC(F)(F)CC2)C3)c1Cl. The van der Waals surface area contributed by atoms with Crippen molar-refractivity contribution < 1.29 is 41.4 Å². The fourth-order valence-corrected chi connectivity index (χ4v) is 9.65. The molecular weight excluding hydrogens is 798 g/mol. The Labute approximate surface area is 341 Å². The van der Waals surface area contributed by atoms with Crippen molar-refractivity contribution >= 4 is 51.6 Å². The highest BCUT2D eigenvalue weighted by Crippen LogP contribution is 2.41. The Morgan fingerprint density at radius 1 is 1.07 bits per heavy atom. The van der Waals surface area contributed by atoms with Gasteiger partial charge in [-0.25, -0.2) is 18.7 Å². The fraction of sp³-hybridized carbons (Fsp3) is 0.429. The predicted molar refractivity (Wildman–Crippen MR) is 213 cm³/mol. The van der Waals surface area contributed by atoms with Crippen molar-refractivity contribution in [2.75, 3.05) is 25.0 Å². The molecule has 4 heterocycles. The van der Waals surface area contributed by atoms with Crippen LogP contribution in [0.15, 0.2) is 52.9 Å². The molecule has 2 aromatic heterocycles. The molecule has 0 unspecified atom stereocenters. The van der Waals surface area contributed by atoms with Crippen LogP contribution >= 0.6 is 22.9 Å². The zero-order valence-corrected chi connectivity index (χ0v) is 33.3. The average Bonchev–Trinajstić information content (AvgIpc) is 3.94. The minimum Gasteiger partial charge on any atom is -0.480 e. The normalized spacial score (nSPS) is 18.8. The monoisotopic (exact) mass is 839 g/mol. The number of benzene rings is 3. The lowest BCUT2D eigenvalue weighted by atomic mass is 9.84. The molecule has 0 spiro atoms. The van der Waals surface area contributed by atoms with Crippen LogP contribution in [0.1, 0.15) is 76.4 Å². The van der Waals surface area contributed by atoms with Crippen molar-refractivity contribution in [3.05, 3.63) is 80.3 Å². The number of nitrogens with zero attached hydrogens (tertiary/aromatic N) is 4. The van der Waals surface area contributed by atoms with Gasteiger partial charge in [-0.05, 0) is 93.8 Å². The molecule has 8 rings (SSSR count). The van der Waals surface area contributed by atoms with E-state index in [1.165, 1.54) is 17.4 Å². The maximum Gasteiger partial charge on any atom is 0.387 e. The van der Waals surface area contributed by atoms with Gasteiger partial charge in [0, 0.05) is 60.1 Å². The lowest BCUT2D eigenvalue weighted by Gasteiger charge is -2.31. The van der Waals surface area contributed by atoms with Crippen molar-refractivity contribution in [1.29, 1.82) is 0 Å². The first kappa shape index (κ1) is 40.2. The number of alkyl halides is 4. The maximum absolute atomic E-state index is 13.6. The second kappa shape index (κ2) is 16.6. The van der Waals surface area contributed by atoms with Crippen LogP contribution in [0.25, 0.3) is 33.7 Å². The van der Waals surface area contributed by atoms with Crippen LogP contribution in [-0.4, -0.2) is 75.0 Å². The van der Waals surface area contributed by atoms with Crippen LogP contribution in [0.2, 0.25) is 5.02 Å². The van der Waals surface area contributed by atoms with Gasteiger partial charge < -0.3 is 19.6 Å². The number of halogens is 5. The van der Waals surface area contributed by atoms with E-state index in [0.717, 1.165) is 47.6 Å². The van der Waals surface area contributed by atoms with Gasteiger partial charge in [0.15, 0.2) is 10.6 Å². The third kappa shape index (κ3) is 8.59. The van der Waals surface area contributed by atoms with Crippen molar-refractivity contribution in [3.63, 3.8) is 0 Å². The van der Waals surface area contributed by atoms with Crippen LogP contribution in [0.5, 0.6) is 5.75 Å². The van der Waals surface area contributed by atoms with Crippen molar-refractivity contribution in [2.45, 2.75) is 90.0 Å². The third-order valence-corrected chi connectivity index (χ3v) is 13.2. The second-order valence-electron chi connectivity index (χ2n) is 15.4. The lowest BCUT2D eigenvalue weighted by molar-refractivity contribution is -0.142. The zero-order valence-electron chi connectivity index (χ0n) is 31.7. The molecule has 3 aliphatic rings. The number of thiazole rings is 1. The number of carbonyl (C=O) groups is 2. The summed E-state index contributed by atoms with van der Waals surface area (Å²) < 4.78 is 65.1. The molecule has 0 radical (unpaired) electrons. The molecule has 0 bridgehead atoms. The van der Waals surface area contributed by atoms with E-state index in [9.17, 15) is 32.3 Å². The Morgan fingerprint density at radius 3 is 2.60 bits per heavy atom. The summed E-state index contributed by atoms with van der Waals surface area (Å²) in [5.74, 6) is -3.42. The molecule has 1 amide bonds. The molecule has 1 aliphatic carbocycles.